The number of nitrogens with zero attached hydrogens (tertiary/aromatic N) is 3. The Morgan fingerprint density at radius 3 is 2.69 bits per heavy atom. The zero-order valence-electron chi connectivity index (χ0n) is 17.1. The Bertz CT molecular complexity index is 1040. The lowest BCUT2D eigenvalue weighted by molar-refractivity contribution is 0.171. The average Bonchev–Trinajstić information content (AvgIpc) is 3.14. The van der Waals surface area contributed by atoms with Crippen LogP contribution >= 0.6 is 0 Å². The van der Waals surface area contributed by atoms with Gasteiger partial charge in [0.05, 0.1) is 12.2 Å². The molecule has 7 nitrogen and oxygen atoms in total. The van der Waals surface area contributed by atoms with Gasteiger partial charge in [0.15, 0.2) is 5.65 Å². The van der Waals surface area contributed by atoms with Crippen LogP contribution in [0.5, 0.6) is 5.75 Å². The number of rotatable bonds is 5. The van der Waals surface area contributed by atoms with Crippen molar-refractivity contribution in [3.63, 3.8) is 0 Å². The first-order chi connectivity index (χ1) is 13.9. The van der Waals surface area contributed by atoms with E-state index in [1.54, 1.807) is 0 Å². The summed E-state index contributed by atoms with van der Waals surface area (Å²) in [5, 5.41) is 11.5. The smallest absolute Gasteiger partial charge is 0.312 e. The number of carbonyl (C=O) groups excluding carboxylic acids is 1. The van der Waals surface area contributed by atoms with Gasteiger partial charge < -0.3 is 15.8 Å². The van der Waals surface area contributed by atoms with Crippen molar-refractivity contribution in [3.05, 3.63) is 59.5 Å². The summed E-state index contributed by atoms with van der Waals surface area (Å²) in [7, 11) is 0. The second-order valence-electron chi connectivity index (χ2n) is 8.23. The number of nitrogens with one attached hydrogen (secondary N) is 1. The molecule has 2 atom stereocenters. The Balaban J connectivity index is 1.64. The number of hydrogen-bond acceptors (Lipinski definition) is 4. The van der Waals surface area contributed by atoms with Crippen LogP contribution in [0.4, 0.5) is 4.79 Å². The molecule has 0 saturated heterocycles. The molecule has 4 rings (SSSR count). The predicted octanol–water partition coefficient (Wildman–Crippen LogP) is 4.04. The van der Waals surface area contributed by atoms with E-state index in [9.17, 15) is 4.79 Å². The third kappa shape index (κ3) is 3.64. The molecule has 0 radical (unpaired) electrons. The number of amides is 2. The van der Waals surface area contributed by atoms with E-state index in [0.717, 1.165) is 47.6 Å². The van der Waals surface area contributed by atoms with Crippen LogP contribution in [0.15, 0.2) is 42.6 Å². The van der Waals surface area contributed by atoms with E-state index in [1.165, 1.54) is 0 Å². The Labute approximate surface area is 170 Å². The summed E-state index contributed by atoms with van der Waals surface area (Å²) in [5.74, 6) is 1.70. The fourth-order valence-electron chi connectivity index (χ4n) is 3.92. The molecule has 1 aliphatic rings. The Kier molecular flexibility index (Phi) is 4.90. The largest absolute Gasteiger partial charge is 0.484 e. The number of primary amides is 1. The van der Waals surface area contributed by atoms with Crippen molar-refractivity contribution in [1.82, 2.24) is 19.9 Å². The van der Waals surface area contributed by atoms with Crippen molar-refractivity contribution in [3.8, 4) is 5.75 Å². The fraction of sp³-hybridized carbons (Fsp3) is 0.409. The maximum Gasteiger partial charge on any atom is 0.312 e. The van der Waals surface area contributed by atoms with Crippen molar-refractivity contribution in [2.75, 3.05) is 0 Å². The molecule has 3 aromatic rings. The second-order valence-corrected chi connectivity index (χ2v) is 8.23. The van der Waals surface area contributed by atoms with Gasteiger partial charge in [0, 0.05) is 5.41 Å². The Hall–Kier alpha value is -3.09. The summed E-state index contributed by atoms with van der Waals surface area (Å²) in [5.41, 5.74) is 8.21. The summed E-state index contributed by atoms with van der Waals surface area (Å²) in [6, 6.07) is 11.3. The monoisotopic (exact) mass is 393 g/mol. The van der Waals surface area contributed by atoms with Crippen molar-refractivity contribution in [2.45, 2.75) is 57.6 Å². The molecule has 0 fully saturated rings. The molecule has 7 heteroatoms. The topological polar surface area (TPSA) is 94.5 Å². The highest BCUT2D eigenvalue weighted by Crippen LogP contribution is 2.39. The fourth-order valence-corrected chi connectivity index (χ4v) is 3.92. The molecule has 2 aromatic heterocycles. The van der Waals surface area contributed by atoms with Crippen LogP contribution in [0.3, 0.4) is 0 Å². The summed E-state index contributed by atoms with van der Waals surface area (Å²) >= 11 is 0. The van der Waals surface area contributed by atoms with Crippen LogP contribution < -0.4 is 15.8 Å². The minimum absolute atomic E-state index is 0.0802. The molecular weight excluding hydrogens is 366 g/mol. The van der Waals surface area contributed by atoms with Gasteiger partial charge in [-0.25, -0.2) is 4.79 Å². The van der Waals surface area contributed by atoms with Crippen LogP contribution in [0, 0.1) is 0 Å². The number of fused-ring (bicyclic) bond motifs is 2. The highest BCUT2D eigenvalue weighted by atomic mass is 16.5. The number of aromatic nitrogens is 3. The third-order valence-electron chi connectivity index (χ3n) is 5.90. The number of carbonyl (C=O) groups is 1. The van der Waals surface area contributed by atoms with Gasteiger partial charge in [-0.3, -0.25) is 4.40 Å². The van der Waals surface area contributed by atoms with Gasteiger partial charge in [-0.05, 0) is 42.5 Å². The van der Waals surface area contributed by atoms with Crippen molar-refractivity contribution in [1.29, 1.82) is 0 Å². The molecule has 0 aliphatic heterocycles. The number of nitrogens with two attached hydrogens (primary N) is 1. The van der Waals surface area contributed by atoms with E-state index in [4.69, 9.17) is 10.5 Å². The van der Waals surface area contributed by atoms with Crippen molar-refractivity contribution in [2.24, 2.45) is 5.73 Å². The molecule has 3 N–H and O–H groups in total. The number of pyridine rings is 1. The standard InChI is InChI=1S/C22H27N5O2/c1-4-22(2,3)20-26-25-19-12-9-14(13-27(19)20)29-18-11-10-17(24-21(23)28)15-7-5-6-8-16(15)18/h5-9,12-13,17-18H,4,10-11H2,1-3H3,(H3,23,24,28)/t17-,18+/m0/s1. The lowest BCUT2D eigenvalue weighted by atomic mass is 9.85. The molecule has 0 bridgehead atoms. The molecule has 29 heavy (non-hydrogen) atoms. The van der Waals surface area contributed by atoms with Gasteiger partial charge in [-0.15, -0.1) is 10.2 Å². The molecule has 2 heterocycles. The van der Waals surface area contributed by atoms with E-state index >= 15 is 0 Å². The summed E-state index contributed by atoms with van der Waals surface area (Å²) < 4.78 is 8.41. The van der Waals surface area contributed by atoms with Crippen LogP contribution in [0.1, 0.15) is 69.1 Å². The van der Waals surface area contributed by atoms with E-state index in [2.05, 4.69) is 42.4 Å². The predicted molar refractivity (Wildman–Crippen MR) is 111 cm³/mol. The van der Waals surface area contributed by atoms with Crippen LogP contribution in [-0.2, 0) is 5.41 Å². The summed E-state index contributed by atoms with van der Waals surface area (Å²) in [6.45, 7) is 6.48. The van der Waals surface area contributed by atoms with Gasteiger partial charge in [0.1, 0.15) is 17.7 Å². The molecule has 0 saturated carbocycles. The van der Waals surface area contributed by atoms with Crippen LogP contribution in [0.25, 0.3) is 5.65 Å². The Morgan fingerprint density at radius 2 is 1.97 bits per heavy atom. The SMILES string of the molecule is CCC(C)(C)c1nnc2ccc(O[C@@H]3CC[C@H](NC(N)=O)c4ccccc43)cn12. The van der Waals surface area contributed by atoms with Crippen molar-refractivity contribution >= 4 is 11.7 Å². The first kappa shape index (κ1) is 19.2. The van der Waals surface area contributed by atoms with E-state index < -0.39 is 6.03 Å². The average molecular weight is 393 g/mol. The highest BCUT2D eigenvalue weighted by Gasteiger charge is 2.29. The van der Waals surface area contributed by atoms with E-state index in [-0.39, 0.29) is 17.6 Å². The van der Waals surface area contributed by atoms with Gasteiger partial charge in [0.25, 0.3) is 0 Å². The van der Waals surface area contributed by atoms with Crippen molar-refractivity contribution < 1.29 is 9.53 Å². The summed E-state index contributed by atoms with van der Waals surface area (Å²) in [6.07, 6.45) is 4.40. The van der Waals surface area contributed by atoms with E-state index in [0.29, 0.717) is 0 Å². The molecule has 1 aromatic carbocycles. The minimum atomic E-state index is -0.506. The minimum Gasteiger partial charge on any atom is -0.484 e. The normalized spacial score (nSPS) is 19.0. The molecule has 0 unspecified atom stereocenters. The zero-order chi connectivity index (χ0) is 20.6. The summed E-state index contributed by atoms with van der Waals surface area (Å²) in [4.78, 5) is 11.4. The zero-order valence-corrected chi connectivity index (χ0v) is 17.1. The van der Waals surface area contributed by atoms with Gasteiger partial charge >= 0.3 is 6.03 Å². The highest BCUT2D eigenvalue weighted by molar-refractivity contribution is 5.72. The number of urea groups is 1. The number of ether oxygens (including phenoxy) is 1. The lowest BCUT2D eigenvalue weighted by Gasteiger charge is -2.32. The van der Waals surface area contributed by atoms with Gasteiger partial charge in [-0.1, -0.05) is 45.0 Å². The van der Waals surface area contributed by atoms with Gasteiger partial charge in [0.2, 0.25) is 0 Å². The molecular formula is C22H27N5O2. The molecule has 1 aliphatic carbocycles. The number of benzene rings is 1. The first-order valence-corrected chi connectivity index (χ1v) is 10.1. The molecule has 2 amide bonds. The lowest BCUT2D eigenvalue weighted by Crippen LogP contribution is -2.36. The Morgan fingerprint density at radius 1 is 1.21 bits per heavy atom. The maximum absolute atomic E-state index is 11.4. The maximum atomic E-state index is 11.4. The van der Waals surface area contributed by atoms with Crippen LogP contribution in [-0.4, -0.2) is 20.6 Å². The molecule has 152 valence electrons. The quantitative estimate of drug-likeness (QED) is 0.684. The third-order valence-corrected chi connectivity index (χ3v) is 5.90. The van der Waals surface area contributed by atoms with Gasteiger partial charge in [-0.2, -0.15) is 0 Å². The van der Waals surface area contributed by atoms with Crippen LogP contribution in [0.2, 0.25) is 0 Å². The first-order valence-electron chi connectivity index (χ1n) is 10.1. The second kappa shape index (κ2) is 7.39. The number of hydrogen-bond donors (Lipinski definition) is 2. The molecule has 0 spiro atoms. The van der Waals surface area contributed by atoms with E-state index in [1.807, 2.05) is 40.9 Å².